The van der Waals surface area contributed by atoms with Crippen molar-refractivity contribution < 1.29 is 9.53 Å². The van der Waals surface area contributed by atoms with Gasteiger partial charge in [-0.15, -0.1) is 0 Å². The van der Waals surface area contributed by atoms with Crippen molar-refractivity contribution in [1.29, 1.82) is 0 Å². The summed E-state index contributed by atoms with van der Waals surface area (Å²) in [5.74, 6) is 0.717. The maximum Gasteiger partial charge on any atom is 0.230 e. The predicted octanol–water partition coefficient (Wildman–Crippen LogP) is 1.37. The molecule has 0 saturated carbocycles. The van der Waals surface area contributed by atoms with E-state index < -0.39 is 0 Å². The number of hydrogen-bond donors (Lipinski definition) is 2. The second kappa shape index (κ2) is 5.32. The molecule has 0 aromatic heterocycles. The summed E-state index contributed by atoms with van der Waals surface area (Å²) in [4.78, 5) is 14.3. The molecule has 2 N–H and O–H groups in total. The van der Waals surface area contributed by atoms with Crippen LogP contribution in [-0.4, -0.2) is 38.7 Å². The number of ether oxygens (including phenoxy) is 1. The predicted molar refractivity (Wildman–Crippen MR) is 79.6 cm³/mol. The number of fused-ring (bicyclic) bond motifs is 1. The molecule has 2 heterocycles. The van der Waals surface area contributed by atoms with Gasteiger partial charge in [-0.2, -0.15) is 0 Å². The highest BCUT2D eigenvalue weighted by atomic mass is 16.5. The van der Waals surface area contributed by atoms with Gasteiger partial charge in [-0.25, -0.2) is 0 Å². The van der Waals surface area contributed by atoms with Crippen molar-refractivity contribution in [1.82, 2.24) is 5.32 Å². The van der Waals surface area contributed by atoms with E-state index in [9.17, 15) is 4.79 Å². The van der Waals surface area contributed by atoms with Crippen molar-refractivity contribution in [3.63, 3.8) is 0 Å². The average molecular weight is 275 g/mol. The minimum absolute atomic E-state index is 0.0283. The fourth-order valence-corrected chi connectivity index (χ4v) is 2.68. The van der Waals surface area contributed by atoms with Gasteiger partial charge in [0.1, 0.15) is 0 Å². The Morgan fingerprint density at radius 1 is 1.30 bits per heavy atom. The van der Waals surface area contributed by atoms with E-state index >= 15 is 0 Å². The van der Waals surface area contributed by atoms with Gasteiger partial charge in [-0.3, -0.25) is 4.79 Å². The van der Waals surface area contributed by atoms with E-state index in [4.69, 9.17) is 4.74 Å². The molecule has 1 amide bonds. The van der Waals surface area contributed by atoms with Crippen LogP contribution in [0.25, 0.3) is 0 Å². The summed E-state index contributed by atoms with van der Waals surface area (Å²) in [7, 11) is 0. The summed E-state index contributed by atoms with van der Waals surface area (Å²) in [6, 6.07) is 4.13. The van der Waals surface area contributed by atoms with Gasteiger partial charge >= 0.3 is 0 Å². The van der Waals surface area contributed by atoms with Crippen molar-refractivity contribution in [3.8, 4) is 5.75 Å². The highest BCUT2D eigenvalue weighted by Crippen LogP contribution is 2.39. The van der Waals surface area contributed by atoms with Crippen LogP contribution in [0.15, 0.2) is 12.1 Å². The zero-order chi connectivity index (χ0) is 14.1. The molecule has 2 aliphatic rings. The molecule has 1 fully saturated rings. The minimum atomic E-state index is -0.126. The first kappa shape index (κ1) is 13.2. The first-order chi connectivity index (χ1) is 9.65. The van der Waals surface area contributed by atoms with Crippen molar-refractivity contribution in [2.75, 3.05) is 43.0 Å². The molecule has 1 aromatic rings. The van der Waals surface area contributed by atoms with E-state index in [0.29, 0.717) is 6.61 Å². The maximum absolute atomic E-state index is 12.0. The third-order valence-electron chi connectivity index (χ3n) is 3.85. The quantitative estimate of drug-likeness (QED) is 0.813. The van der Waals surface area contributed by atoms with Crippen LogP contribution in [0.1, 0.15) is 12.5 Å². The number of carbonyl (C=O) groups excluding carboxylic acids is 1. The lowest BCUT2D eigenvalue weighted by Crippen LogP contribution is -2.43. The molecule has 20 heavy (non-hydrogen) atoms. The molecule has 0 aliphatic carbocycles. The van der Waals surface area contributed by atoms with Gasteiger partial charge in [0.25, 0.3) is 0 Å². The number of piperazine rings is 1. The molecule has 0 spiro atoms. The molecular formula is C15H21N3O2. The van der Waals surface area contributed by atoms with Crippen LogP contribution in [0.3, 0.4) is 0 Å². The minimum Gasteiger partial charge on any atom is -0.488 e. The van der Waals surface area contributed by atoms with E-state index in [1.807, 2.05) is 19.9 Å². The van der Waals surface area contributed by atoms with Crippen LogP contribution in [-0.2, 0) is 4.79 Å². The summed E-state index contributed by atoms with van der Waals surface area (Å²) in [5, 5.41) is 6.34. The van der Waals surface area contributed by atoms with Crippen LogP contribution < -0.4 is 20.3 Å². The van der Waals surface area contributed by atoms with Gasteiger partial charge in [0.05, 0.1) is 23.9 Å². The Bertz CT molecular complexity index is 524. The number of benzene rings is 1. The van der Waals surface area contributed by atoms with E-state index in [2.05, 4.69) is 21.6 Å². The lowest BCUT2D eigenvalue weighted by Gasteiger charge is -2.31. The number of amides is 1. The monoisotopic (exact) mass is 275 g/mol. The first-order valence-corrected chi connectivity index (χ1v) is 7.19. The van der Waals surface area contributed by atoms with Gasteiger partial charge in [-0.1, -0.05) is 6.92 Å². The van der Waals surface area contributed by atoms with Crippen molar-refractivity contribution in [2.24, 2.45) is 5.92 Å². The fourth-order valence-electron chi connectivity index (χ4n) is 2.68. The zero-order valence-corrected chi connectivity index (χ0v) is 12.0. The van der Waals surface area contributed by atoms with Gasteiger partial charge in [0, 0.05) is 26.2 Å². The number of aryl methyl sites for hydroxylation is 1. The highest BCUT2D eigenvalue weighted by molar-refractivity contribution is 5.96. The van der Waals surface area contributed by atoms with Gasteiger partial charge in [0.2, 0.25) is 5.91 Å². The van der Waals surface area contributed by atoms with Crippen LogP contribution in [0.5, 0.6) is 5.75 Å². The van der Waals surface area contributed by atoms with Crippen LogP contribution in [0, 0.1) is 12.8 Å². The average Bonchev–Trinajstić information content (AvgIpc) is 2.59. The third-order valence-corrected chi connectivity index (χ3v) is 3.85. The number of carbonyl (C=O) groups is 1. The Hall–Kier alpha value is -1.75. The lowest BCUT2D eigenvalue weighted by atomic mass is 10.1. The molecule has 1 atom stereocenters. The highest BCUT2D eigenvalue weighted by Gasteiger charge is 2.25. The summed E-state index contributed by atoms with van der Waals surface area (Å²) in [6.45, 7) is 8.24. The topological polar surface area (TPSA) is 53.6 Å². The SMILES string of the molecule is Cc1cc2c(c(N3CCNCC3)c1)OCC(C)C(=O)N2. The van der Waals surface area contributed by atoms with Crippen LogP contribution in [0.4, 0.5) is 11.4 Å². The molecule has 0 radical (unpaired) electrons. The summed E-state index contributed by atoms with van der Waals surface area (Å²) < 4.78 is 5.93. The second-order valence-electron chi connectivity index (χ2n) is 5.60. The number of anilines is 2. The molecule has 1 saturated heterocycles. The molecule has 5 nitrogen and oxygen atoms in total. The maximum atomic E-state index is 12.0. The number of hydrogen-bond acceptors (Lipinski definition) is 4. The number of nitrogens with one attached hydrogen (secondary N) is 2. The van der Waals surface area contributed by atoms with Gasteiger partial charge < -0.3 is 20.3 Å². The van der Waals surface area contributed by atoms with Crippen molar-refractivity contribution in [2.45, 2.75) is 13.8 Å². The molecular weight excluding hydrogens is 254 g/mol. The van der Waals surface area contributed by atoms with Crippen molar-refractivity contribution in [3.05, 3.63) is 17.7 Å². The van der Waals surface area contributed by atoms with E-state index in [0.717, 1.165) is 48.9 Å². The second-order valence-corrected chi connectivity index (χ2v) is 5.60. The fraction of sp³-hybridized carbons (Fsp3) is 0.533. The van der Waals surface area contributed by atoms with E-state index in [1.54, 1.807) is 0 Å². The normalized spacial score (nSPS) is 22.6. The molecule has 2 aliphatic heterocycles. The first-order valence-electron chi connectivity index (χ1n) is 7.19. The van der Waals surface area contributed by atoms with Gasteiger partial charge in [0.15, 0.2) is 5.75 Å². The smallest absolute Gasteiger partial charge is 0.230 e. The van der Waals surface area contributed by atoms with E-state index in [1.165, 1.54) is 0 Å². The van der Waals surface area contributed by atoms with E-state index in [-0.39, 0.29) is 11.8 Å². The zero-order valence-electron chi connectivity index (χ0n) is 12.0. The Kier molecular flexibility index (Phi) is 3.53. The molecule has 5 heteroatoms. The number of nitrogens with zero attached hydrogens (tertiary/aromatic N) is 1. The summed E-state index contributed by atoms with van der Waals surface area (Å²) in [6.07, 6.45) is 0. The molecule has 1 unspecified atom stereocenters. The molecule has 1 aromatic carbocycles. The molecule has 0 bridgehead atoms. The summed E-state index contributed by atoms with van der Waals surface area (Å²) in [5.41, 5.74) is 3.03. The van der Waals surface area contributed by atoms with Gasteiger partial charge in [-0.05, 0) is 24.6 Å². The Balaban J connectivity index is 2.00. The summed E-state index contributed by atoms with van der Waals surface area (Å²) >= 11 is 0. The standard InChI is InChI=1S/C15H21N3O2/c1-10-7-12-14(20-9-11(2)15(19)17-12)13(8-10)18-5-3-16-4-6-18/h7-8,11,16H,3-6,9H2,1-2H3,(H,17,19). The lowest BCUT2D eigenvalue weighted by molar-refractivity contribution is -0.119. The Morgan fingerprint density at radius 3 is 2.80 bits per heavy atom. The van der Waals surface area contributed by atoms with Crippen LogP contribution >= 0.6 is 0 Å². The Morgan fingerprint density at radius 2 is 2.05 bits per heavy atom. The molecule has 108 valence electrons. The van der Waals surface area contributed by atoms with Crippen LogP contribution in [0.2, 0.25) is 0 Å². The number of rotatable bonds is 1. The molecule has 3 rings (SSSR count). The van der Waals surface area contributed by atoms with Crippen molar-refractivity contribution >= 4 is 17.3 Å². The largest absolute Gasteiger partial charge is 0.488 e. The third kappa shape index (κ3) is 2.45. The Labute approximate surface area is 119 Å².